The average molecular weight is 769 g/mol. The van der Waals surface area contributed by atoms with Gasteiger partial charge in [-0.3, -0.25) is 0 Å². The van der Waals surface area contributed by atoms with Crippen molar-refractivity contribution in [3.63, 3.8) is 0 Å². The minimum absolute atomic E-state index is 1.00. The van der Waals surface area contributed by atoms with E-state index in [1.807, 2.05) is 0 Å². The van der Waals surface area contributed by atoms with Crippen molar-refractivity contribution in [2.24, 2.45) is 0 Å². The first-order valence-electron chi connectivity index (χ1n) is 18.0. The normalized spacial score (nSPS) is 11.1. The van der Waals surface area contributed by atoms with Crippen LogP contribution in [0.3, 0.4) is 0 Å². The highest BCUT2D eigenvalue weighted by atomic mass is 127. The van der Waals surface area contributed by atoms with Gasteiger partial charge in [-0.15, -0.1) is 0 Å². The second kappa shape index (κ2) is 16.1. The highest BCUT2D eigenvalue weighted by molar-refractivity contribution is 14.1. The maximum atomic E-state index is 2.44. The van der Waals surface area contributed by atoms with E-state index in [1.54, 1.807) is 0 Å². The summed E-state index contributed by atoms with van der Waals surface area (Å²) in [5.41, 5.74) is 18.8. The summed E-state index contributed by atoms with van der Waals surface area (Å²) >= 11 is 2.44. The van der Waals surface area contributed by atoms with Gasteiger partial charge in [0.25, 0.3) is 0 Å². The largest absolute Gasteiger partial charge is 0.310 e. The molecule has 0 bridgehead atoms. The van der Waals surface area contributed by atoms with Crippen molar-refractivity contribution in [3.8, 4) is 11.1 Å². The van der Waals surface area contributed by atoms with Gasteiger partial charge in [0.05, 0.1) is 11.4 Å². The molecule has 3 heteroatoms. The standard InChI is InChI=1S/C47H49IN2/c1-7-9-13-39-30-35(5)47(36(6)31-39)50(43-24-16-38(32-48)17-25-43)45-28-20-41(21-29-45)40-18-26-44(27-19-40)49(42-22-14-37(8-2)15-23-42)46-33(3)11-10-12-34(46)4/h10-12,14-31H,7-9,13,32H2,1-6H3. The molecule has 0 saturated carbocycles. The van der Waals surface area contributed by atoms with Crippen LogP contribution < -0.4 is 9.80 Å². The molecule has 0 atom stereocenters. The zero-order valence-electron chi connectivity index (χ0n) is 30.4. The quantitative estimate of drug-likeness (QED) is 0.0904. The summed E-state index contributed by atoms with van der Waals surface area (Å²) in [5.74, 6) is 0. The zero-order chi connectivity index (χ0) is 35.2. The smallest absolute Gasteiger partial charge is 0.0520 e. The lowest BCUT2D eigenvalue weighted by Crippen LogP contribution is -2.13. The predicted molar refractivity (Wildman–Crippen MR) is 226 cm³/mol. The molecule has 0 unspecified atom stereocenters. The van der Waals surface area contributed by atoms with Crippen molar-refractivity contribution in [2.75, 3.05) is 9.80 Å². The summed E-state index contributed by atoms with van der Waals surface area (Å²) in [6.07, 6.45) is 4.59. The molecule has 6 aromatic carbocycles. The summed E-state index contributed by atoms with van der Waals surface area (Å²) < 4.78 is 1.00. The van der Waals surface area contributed by atoms with Gasteiger partial charge >= 0.3 is 0 Å². The third kappa shape index (κ3) is 7.68. The number of hydrogen-bond acceptors (Lipinski definition) is 2. The number of benzene rings is 6. The van der Waals surface area contributed by atoms with Crippen molar-refractivity contribution in [2.45, 2.75) is 71.7 Å². The van der Waals surface area contributed by atoms with Gasteiger partial charge in [-0.05, 0) is 146 Å². The molecule has 6 aromatic rings. The van der Waals surface area contributed by atoms with Crippen LogP contribution in [-0.4, -0.2) is 0 Å². The average Bonchev–Trinajstić information content (AvgIpc) is 3.14. The van der Waals surface area contributed by atoms with E-state index in [9.17, 15) is 0 Å². The first kappa shape index (κ1) is 35.5. The van der Waals surface area contributed by atoms with E-state index in [2.05, 4.69) is 201 Å². The van der Waals surface area contributed by atoms with E-state index in [0.717, 1.165) is 28.6 Å². The molecular formula is C47H49IN2. The van der Waals surface area contributed by atoms with Crippen LogP contribution in [0.5, 0.6) is 0 Å². The van der Waals surface area contributed by atoms with Crippen molar-refractivity contribution in [1.82, 2.24) is 0 Å². The van der Waals surface area contributed by atoms with Gasteiger partial charge in [0, 0.05) is 27.2 Å². The lowest BCUT2D eigenvalue weighted by atomic mass is 9.98. The maximum absolute atomic E-state index is 2.44. The summed E-state index contributed by atoms with van der Waals surface area (Å²) in [7, 11) is 0. The minimum atomic E-state index is 1.00. The van der Waals surface area contributed by atoms with E-state index < -0.39 is 0 Å². The number of halogens is 1. The van der Waals surface area contributed by atoms with Crippen LogP contribution >= 0.6 is 22.6 Å². The van der Waals surface area contributed by atoms with Gasteiger partial charge in [-0.1, -0.05) is 122 Å². The van der Waals surface area contributed by atoms with Crippen LogP contribution in [0.4, 0.5) is 34.1 Å². The zero-order valence-corrected chi connectivity index (χ0v) is 32.6. The first-order valence-corrected chi connectivity index (χ1v) is 19.5. The van der Waals surface area contributed by atoms with E-state index in [-0.39, 0.29) is 0 Å². The molecule has 0 aliphatic heterocycles. The second-order valence-electron chi connectivity index (χ2n) is 13.5. The number of aryl methyl sites for hydroxylation is 6. The van der Waals surface area contributed by atoms with Crippen molar-refractivity contribution in [1.29, 1.82) is 0 Å². The Morgan fingerprint density at radius 2 is 0.860 bits per heavy atom. The van der Waals surface area contributed by atoms with E-state index in [0.29, 0.717) is 0 Å². The van der Waals surface area contributed by atoms with Crippen LogP contribution in [-0.2, 0) is 17.3 Å². The third-order valence-electron chi connectivity index (χ3n) is 9.79. The number of unbranched alkanes of at least 4 members (excludes halogenated alkanes) is 1. The Balaban J connectivity index is 1.35. The number of anilines is 6. The van der Waals surface area contributed by atoms with Crippen LogP contribution in [0.15, 0.2) is 127 Å². The fourth-order valence-electron chi connectivity index (χ4n) is 7.12. The molecule has 0 saturated heterocycles. The Hall–Kier alpha value is -4.35. The summed E-state index contributed by atoms with van der Waals surface area (Å²) in [6, 6.07) is 47.5. The Kier molecular flexibility index (Phi) is 11.4. The lowest BCUT2D eigenvalue weighted by Gasteiger charge is -2.30. The number of rotatable bonds is 12. The van der Waals surface area contributed by atoms with Gasteiger partial charge < -0.3 is 9.80 Å². The van der Waals surface area contributed by atoms with Crippen LogP contribution in [0, 0.1) is 27.7 Å². The fourth-order valence-corrected chi connectivity index (χ4v) is 7.63. The number of nitrogens with zero attached hydrogens (tertiary/aromatic N) is 2. The van der Waals surface area contributed by atoms with Gasteiger partial charge in [0.15, 0.2) is 0 Å². The fraction of sp³-hybridized carbons (Fsp3) is 0.234. The highest BCUT2D eigenvalue weighted by Crippen LogP contribution is 2.42. The Morgan fingerprint density at radius 3 is 1.26 bits per heavy atom. The SMILES string of the molecule is CCCCc1cc(C)c(N(c2ccc(CI)cc2)c2ccc(-c3ccc(N(c4ccc(CC)cc4)c4c(C)cccc4C)cc3)cc2)c(C)c1. The summed E-state index contributed by atoms with van der Waals surface area (Å²) in [5, 5.41) is 0. The van der Waals surface area contributed by atoms with Gasteiger partial charge in [-0.25, -0.2) is 0 Å². The number of para-hydroxylation sites is 1. The molecule has 2 nitrogen and oxygen atoms in total. The summed E-state index contributed by atoms with van der Waals surface area (Å²) in [4.78, 5) is 4.83. The molecular weight excluding hydrogens is 719 g/mol. The van der Waals surface area contributed by atoms with E-state index >= 15 is 0 Å². The third-order valence-corrected chi connectivity index (χ3v) is 10.7. The van der Waals surface area contributed by atoms with Crippen LogP contribution in [0.25, 0.3) is 11.1 Å². The van der Waals surface area contributed by atoms with Gasteiger partial charge in [0.1, 0.15) is 0 Å². The Labute approximate surface area is 314 Å². The predicted octanol–water partition coefficient (Wildman–Crippen LogP) is 14.4. The number of alkyl halides is 1. The van der Waals surface area contributed by atoms with E-state index in [1.165, 1.54) is 85.7 Å². The van der Waals surface area contributed by atoms with Crippen molar-refractivity contribution < 1.29 is 0 Å². The van der Waals surface area contributed by atoms with Crippen molar-refractivity contribution in [3.05, 3.63) is 166 Å². The Bertz CT molecular complexity index is 1980. The molecule has 6 rings (SSSR count). The molecule has 0 aliphatic carbocycles. The first-order chi connectivity index (χ1) is 24.3. The number of hydrogen-bond donors (Lipinski definition) is 0. The van der Waals surface area contributed by atoms with E-state index in [4.69, 9.17) is 0 Å². The molecule has 0 amide bonds. The molecule has 0 spiro atoms. The van der Waals surface area contributed by atoms with Crippen molar-refractivity contribution >= 4 is 56.7 Å². The van der Waals surface area contributed by atoms with Crippen LogP contribution in [0.2, 0.25) is 0 Å². The molecule has 0 aromatic heterocycles. The summed E-state index contributed by atoms with van der Waals surface area (Å²) in [6.45, 7) is 13.4. The topological polar surface area (TPSA) is 6.48 Å². The molecule has 0 aliphatic rings. The monoisotopic (exact) mass is 768 g/mol. The lowest BCUT2D eigenvalue weighted by molar-refractivity contribution is 0.794. The Morgan fingerprint density at radius 1 is 0.460 bits per heavy atom. The van der Waals surface area contributed by atoms with Crippen LogP contribution in [0.1, 0.15) is 65.6 Å². The molecule has 0 fully saturated rings. The molecule has 0 heterocycles. The van der Waals surface area contributed by atoms with Gasteiger partial charge in [0.2, 0.25) is 0 Å². The molecule has 254 valence electrons. The molecule has 50 heavy (non-hydrogen) atoms. The minimum Gasteiger partial charge on any atom is -0.310 e. The maximum Gasteiger partial charge on any atom is 0.0520 e. The molecule has 0 radical (unpaired) electrons. The molecule has 0 N–H and O–H groups in total. The van der Waals surface area contributed by atoms with Gasteiger partial charge in [-0.2, -0.15) is 0 Å². The second-order valence-corrected chi connectivity index (χ2v) is 14.3. The highest BCUT2D eigenvalue weighted by Gasteiger charge is 2.19.